The summed E-state index contributed by atoms with van der Waals surface area (Å²) in [6.45, 7) is 5.66. The molecule has 3 aromatic rings. The van der Waals surface area contributed by atoms with Gasteiger partial charge in [-0.1, -0.05) is 6.92 Å². The quantitative estimate of drug-likeness (QED) is 0.713. The molecule has 1 aromatic heterocycles. The maximum Gasteiger partial charge on any atom is 0.178 e. The summed E-state index contributed by atoms with van der Waals surface area (Å²) in [5.74, 6) is 0.109. The van der Waals surface area contributed by atoms with E-state index >= 15 is 0 Å². The minimum Gasteiger partial charge on any atom is -0.344 e. The van der Waals surface area contributed by atoms with E-state index in [9.17, 15) is 8.42 Å². The van der Waals surface area contributed by atoms with Crippen molar-refractivity contribution in [2.24, 2.45) is 7.05 Å². The van der Waals surface area contributed by atoms with Crippen LogP contribution in [0.5, 0.6) is 0 Å². The topological polar surface area (TPSA) is 55.2 Å². The first-order valence-corrected chi connectivity index (χ1v) is 9.88. The number of imidazole rings is 1. The van der Waals surface area contributed by atoms with Crippen molar-refractivity contribution in [2.75, 3.05) is 17.7 Å². The predicted octanol–water partition coefficient (Wildman–Crippen LogP) is 3.75. The molecule has 6 heteroatoms. The van der Waals surface area contributed by atoms with Gasteiger partial charge >= 0.3 is 0 Å². The molecule has 25 heavy (non-hydrogen) atoms. The Morgan fingerprint density at radius 2 is 1.84 bits per heavy atom. The number of hydrogen-bond acceptors (Lipinski definition) is 4. The molecule has 0 atom stereocenters. The summed E-state index contributed by atoms with van der Waals surface area (Å²) in [6, 6.07) is 9.52. The van der Waals surface area contributed by atoms with Gasteiger partial charge in [-0.15, -0.1) is 0 Å². The summed E-state index contributed by atoms with van der Waals surface area (Å²) >= 11 is 0. The zero-order valence-corrected chi connectivity index (χ0v) is 16.1. The average molecular weight is 357 g/mol. The summed E-state index contributed by atoms with van der Waals surface area (Å²) in [7, 11) is 0.782. The SMILES string of the molecule is CCS(=O)(=O)c1ccc(N(C)c2cc(C)c3ncn(C)c3c2)c(C)c1. The third-order valence-corrected chi connectivity index (χ3v) is 6.39. The second-order valence-corrected chi connectivity index (χ2v) is 8.67. The minimum absolute atomic E-state index is 0.109. The van der Waals surface area contributed by atoms with Crippen LogP contribution < -0.4 is 4.90 Å². The molecule has 0 amide bonds. The summed E-state index contributed by atoms with van der Waals surface area (Å²) in [5.41, 5.74) is 6.15. The molecule has 0 unspecified atom stereocenters. The molecule has 0 fully saturated rings. The lowest BCUT2D eigenvalue weighted by Crippen LogP contribution is -2.12. The van der Waals surface area contributed by atoms with Gasteiger partial charge in [0.05, 0.1) is 28.0 Å². The number of rotatable bonds is 4. The van der Waals surface area contributed by atoms with Crippen molar-refractivity contribution in [3.05, 3.63) is 47.8 Å². The van der Waals surface area contributed by atoms with Gasteiger partial charge in [0.25, 0.3) is 0 Å². The van der Waals surface area contributed by atoms with Crippen LogP contribution in [0.2, 0.25) is 0 Å². The molecular weight excluding hydrogens is 334 g/mol. The van der Waals surface area contributed by atoms with E-state index in [0.717, 1.165) is 33.5 Å². The zero-order valence-electron chi connectivity index (χ0n) is 15.2. The van der Waals surface area contributed by atoms with Gasteiger partial charge in [0.1, 0.15) is 0 Å². The molecule has 0 bridgehead atoms. The van der Waals surface area contributed by atoms with Gasteiger partial charge in [-0.3, -0.25) is 0 Å². The van der Waals surface area contributed by atoms with Gasteiger partial charge in [-0.25, -0.2) is 13.4 Å². The predicted molar refractivity (Wildman–Crippen MR) is 102 cm³/mol. The number of aryl methyl sites for hydroxylation is 3. The van der Waals surface area contributed by atoms with Crippen LogP contribution in [-0.2, 0) is 16.9 Å². The van der Waals surface area contributed by atoms with Crippen LogP contribution in [-0.4, -0.2) is 30.8 Å². The first kappa shape index (κ1) is 17.5. The Balaban J connectivity index is 2.07. The molecule has 1 heterocycles. The molecule has 0 radical (unpaired) electrons. The molecule has 0 N–H and O–H groups in total. The Morgan fingerprint density at radius 1 is 1.12 bits per heavy atom. The number of sulfone groups is 1. The van der Waals surface area contributed by atoms with Gasteiger partial charge in [0, 0.05) is 25.5 Å². The number of anilines is 2. The average Bonchev–Trinajstić information content (AvgIpc) is 2.96. The third kappa shape index (κ3) is 3.02. The molecule has 0 saturated carbocycles. The maximum atomic E-state index is 12.1. The number of hydrogen-bond donors (Lipinski definition) is 0. The zero-order chi connectivity index (χ0) is 18.4. The van der Waals surface area contributed by atoms with Crippen LogP contribution in [0.4, 0.5) is 11.4 Å². The lowest BCUT2D eigenvalue weighted by molar-refractivity contribution is 0.597. The number of aromatic nitrogens is 2. The maximum absolute atomic E-state index is 12.1. The van der Waals surface area contributed by atoms with Crippen molar-refractivity contribution < 1.29 is 8.42 Å². The van der Waals surface area contributed by atoms with Crippen LogP contribution in [0.15, 0.2) is 41.6 Å². The standard InChI is InChI=1S/C19H23N3O2S/c1-6-25(23,24)16-7-8-17(13(2)10-16)22(5)15-9-14(3)19-18(11-15)21(4)12-20-19/h7-12H,6H2,1-5H3. The first-order chi connectivity index (χ1) is 11.7. The van der Waals surface area contributed by atoms with E-state index in [1.165, 1.54) is 0 Å². The first-order valence-electron chi connectivity index (χ1n) is 8.23. The smallest absolute Gasteiger partial charge is 0.178 e. The molecule has 0 spiro atoms. The molecule has 0 aliphatic heterocycles. The molecule has 5 nitrogen and oxygen atoms in total. The monoisotopic (exact) mass is 357 g/mol. The van der Waals surface area contributed by atoms with Crippen molar-refractivity contribution in [1.29, 1.82) is 0 Å². The van der Waals surface area contributed by atoms with Crippen molar-refractivity contribution in [2.45, 2.75) is 25.7 Å². The second kappa shape index (κ2) is 6.19. The highest BCUT2D eigenvalue weighted by atomic mass is 32.2. The molecule has 0 aliphatic rings. The second-order valence-electron chi connectivity index (χ2n) is 6.40. The van der Waals surface area contributed by atoms with Crippen molar-refractivity contribution >= 4 is 32.2 Å². The van der Waals surface area contributed by atoms with Gasteiger partial charge in [0.15, 0.2) is 9.84 Å². The molecule has 0 aliphatic carbocycles. The van der Waals surface area contributed by atoms with Crippen molar-refractivity contribution in [1.82, 2.24) is 9.55 Å². The highest BCUT2D eigenvalue weighted by Crippen LogP contribution is 2.32. The molecule has 0 saturated heterocycles. The normalized spacial score (nSPS) is 11.9. The van der Waals surface area contributed by atoms with Crippen LogP contribution >= 0.6 is 0 Å². The highest BCUT2D eigenvalue weighted by molar-refractivity contribution is 7.91. The van der Waals surface area contributed by atoms with E-state index in [0.29, 0.717) is 4.90 Å². The molecular formula is C19H23N3O2S. The summed E-state index contributed by atoms with van der Waals surface area (Å²) in [5, 5.41) is 0. The van der Waals surface area contributed by atoms with E-state index in [-0.39, 0.29) is 5.75 Å². The van der Waals surface area contributed by atoms with Gasteiger partial charge in [-0.2, -0.15) is 0 Å². The van der Waals surface area contributed by atoms with Crippen LogP contribution in [0.25, 0.3) is 11.0 Å². The van der Waals surface area contributed by atoms with Crippen molar-refractivity contribution in [3.8, 4) is 0 Å². The molecule has 3 rings (SSSR count). The fourth-order valence-corrected chi connectivity index (χ4v) is 4.05. The van der Waals surface area contributed by atoms with Gasteiger partial charge < -0.3 is 9.47 Å². The minimum atomic E-state index is -3.19. The highest BCUT2D eigenvalue weighted by Gasteiger charge is 2.16. The number of fused-ring (bicyclic) bond motifs is 1. The number of nitrogens with zero attached hydrogens (tertiary/aromatic N) is 3. The van der Waals surface area contributed by atoms with E-state index in [1.54, 1.807) is 19.1 Å². The van der Waals surface area contributed by atoms with Crippen LogP contribution in [0.3, 0.4) is 0 Å². The Morgan fingerprint density at radius 3 is 2.48 bits per heavy atom. The van der Waals surface area contributed by atoms with E-state index in [4.69, 9.17) is 0 Å². The fourth-order valence-electron chi connectivity index (χ4n) is 3.08. The largest absolute Gasteiger partial charge is 0.344 e. The van der Waals surface area contributed by atoms with Crippen LogP contribution in [0.1, 0.15) is 18.1 Å². The van der Waals surface area contributed by atoms with Crippen LogP contribution in [0, 0.1) is 13.8 Å². The molecule has 2 aromatic carbocycles. The Labute approximate surface area is 148 Å². The number of benzene rings is 2. The van der Waals surface area contributed by atoms with Gasteiger partial charge in [0.2, 0.25) is 0 Å². The summed E-state index contributed by atoms with van der Waals surface area (Å²) in [6.07, 6.45) is 1.82. The van der Waals surface area contributed by atoms with Gasteiger partial charge in [-0.05, 0) is 55.3 Å². The summed E-state index contributed by atoms with van der Waals surface area (Å²) in [4.78, 5) is 6.89. The Bertz CT molecular complexity index is 1050. The fraction of sp³-hybridized carbons (Fsp3) is 0.316. The Kier molecular flexibility index (Phi) is 4.33. The van der Waals surface area contributed by atoms with E-state index in [2.05, 4.69) is 28.9 Å². The summed E-state index contributed by atoms with van der Waals surface area (Å²) < 4.78 is 26.2. The van der Waals surface area contributed by atoms with E-state index < -0.39 is 9.84 Å². The molecule has 132 valence electrons. The lowest BCUT2D eigenvalue weighted by atomic mass is 10.1. The van der Waals surface area contributed by atoms with Crippen molar-refractivity contribution in [3.63, 3.8) is 0 Å². The Hall–Kier alpha value is -2.34. The van der Waals surface area contributed by atoms with E-state index in [1.807, 2.05) is 38.0 Å². The third-order valence-electron chi connectivity index (χ3n) is 4.66. The lowest BCUT2D eigenvalue weighted by Gasteiger charge is -2.23.